The summed E-state index contributed by atoms with van der Waals surface area (Å²) in [5.74, 6) is 0.710. The number of nitrogens with zero attached hydrogens (tertiary/aromatic N) is 3. The van der Waals surface area contributed by atoms with Gasteiger partial charge in [-0.1, -0.05) is 5.16 Å². The summed E-state index contributed by atoms with van der Waals surface area (Å²) in [5, 5.41) is 13.9. The van der Waals surface area contributed by atoms with Crippen LogP contribution in [-0.4, -0.2) is 38.4 Å². The molecule has 1 aliphatic heterocycles. The van der Waals surface area contributed by atoms with Gasteiger partial charge in [0.25, 0.3) is 5.89 Å². The molecule has 0 unspecified atom stereocenters. The van der Waals surface area contributed by atoms with Crippen molar-refractivity contribution >= 4 is 6.09 Å². The van der Waals surface area contributed by atoms with Gasteiger partial charge < -0.3 is 14.4 Å². The van der Waals surface area contributed by atoms with E-state index in [0.717, 1.165) is 12.8 Å². The van der Waals surface area contributed by atoms with Crippen molar-refractivity contribution in [2.45, 2.75) is 63.7 Å². The first-order chi connectivity index (χ1) is 9.78. The summed E-state index contributed by atoms with van der Waals surface area (Å²) in [6, 6.07) is -0.236. The lowest BCUT2D eigenvalue weighted by atomic mass is 10.2. The summed E-state index contributed by atoms with van der Waals surface area (Å²) >= 11 is 0. The number of carbonyl (C=O) groups is 1. The Morgan fingerprint density at radius 2 is 2.19 bits per heavy atom. The Morgan fingerprint density at radius 1 is 1.48 bits per heavy atom. The Labute approximate surface area is 123 Å². The van der Waals surface area contributed by atoms with Gasteiger partial charge >= 0.3 is 6.09 Å². The molecule has 0 aromatic carbocycles. The number of amides is 1. The molecular formula is C14H21N3O4. The van der Waals surface area contributed by atoms with Crippen molar-refractivity contribution in [1.29, 1.82) is 0 Å². The fourth-order valence-electron chi connectivity index (χ4n) is 2.47. The van der Waals surface area contributed by atoms with Gasteiger partial charge in [0, 0.05) is 6.54 Å². The molecule has 1 aliphatic carbocycles. The first-order valence-electron chi connectivity index (χ1n) is 7.35. The maximum atomic E-state index is 12.2. The van der Waals surface area contributed by atoms with Gasteiger partial charge in [0.05, 0.1) is 6.04 Å². The minimum Gasteiger partial charge on any atom is -0.444 e. The lowest BCUT2D eigenvalue weighted by molar-refractivity contribution is 0.0216. The van der Waals surface area contributed by atoms with Crippen molar-refractivity contribution in [3.05, 3.63) is 11.7 Å². The topological polar surface area (TPSA) is 88.7 Å². The van der Waals surface area contributed by atoms with Crippen LogP contribution in [0.4, 0.5) is 4.79 Å². The molecule has 2 heterocycles. The van der Waals surface area contributed by atoms with Gasteiger partial charge in [0.1, 0.15) is 11.2 Å². The predicted octanol–water partition coefficient (Wildman–Crippen LogP) is 2.12. The van der Waals surface area contributed by atoms with Crippen LogP contribution < -0.4 is 0 Å². The van der Waals surface area contributed by atoms with Crippen molar-refractivity contribution in [1.82, 2.24) is 15.0 Å². The molecule has 0 spiro atoms. The molecule has 1 saturated carbocycles. The molecule has 0 radical (unpaired) electrons. The summed E-state index contributed by atoms with van der Waals surface area (Å²) < 4.78 is 10.6. The second-order valence-corrected chi connectivity index (χ2v) is 6.82. The Morgan fingerprint density at radius 3 is 2.81 bits per heavy atom. The average molecular weight is 295 g/mol. The molecule has 1 amide bonds. The van der Waals surface area contributed by atoms with E-state index >= 15 is 0 Å². The van der Waals surface area contributed by atoms with Gasteiger partial charge in [-0.3, -0.25) is 4.90 Å². The molecule has 0 bridgehead atoms. The van der Waals surface area contributed by atoms with Gasteiger partial charge in [0.15, 0.2) is 5.82 Å². The summed E-state index contributed by atoms with van der Waals surface area (Å²) in [5.41, 5.74) is -1.48. The Hall–Kier alpha value is -1.63. The van der Waals surface area contributed by atoms with Gasteiger partial charge in [-0.15, -0.1) is 0 Å². The van der Waals surface area contributed by atoms with Crippen molar-refractivity contribution in [2.24, 2.45) is 0 Å². The number of hydrogen-bond donors (Lipinski definition) is 1. The fourth-order valence-corrected chi connectivity index (χ4v) is 2.47. The summed E-state index contributed by atoms with van der Waals surface area (Å²) in [6.45, 7) is 6.13. The summed E-state index contributed by atoms with van der Waals surface area (Å²) in [4.78, 5) is 18.1. The van der Waals surface area contributed by atoms with Crippen LogP contribution in [0.1, 0.15) is 64.2 Å². The number of rotatable bonds is 2. The van der Waals surface area contributed by atoms with Crippen LogP contribution in [0.2, 0.25) is 0 Å². The Bertz CT molecular complexity index is 545. The van der Waals surface area contributed by atoms with Crippen molar-refractivity contribution in [3.8, 4) is 0 Å². The smallest absolute Gasteiger partial charge is 0.410 e. The van der Waals surface area contributed by atoms with Crippen LogP contribution in [-0.2, 0) is 10.3 Å². The van der Waals surface area contributed by atoms with Crippen molar-refractivity contribution < 1.29 is 19.2 Å². The average Bonchev–Trinajstić information content (AvgIpc) is 2.87. The van der Waals surface area contributed by atoms with Crippen LogP contribution in [0.3, 0.4) is 0 Å². The summed E-state index contributed by atoms with van der Waals surface area (Å²) in [6.07, 6.45) is 2.58. The molecule has 7 heteroatoms. The monoisotopic (exact) mass is 295 g/mol. The molecule has 1 atom stereocenters. The molecule has 2 aliphatic rings. The number of likely N-dealkylation sites (tertiary alicyclic amines) is 1. The van der Waals surface area contributed by atoms with Crippen molar-refractivity contribution in [3.63, 3.8) is 0 Å². The normalized spacial score (nSPS) is 24.2. The van der Waals surface area contributed by atoms with Gasteiger partial charge in [0.2, 0.25) is 0 Å². The van der Waals surface area contributed by atoms with E-state index in [-0.39, 0.29) is 18.0 Å². The van der Waals surface area contributed by atoms with Gasteiger partial charge in [-0.25, -0.2) is 4.79 Å². The maximum absolute atomic E-state index is 12.2. The van der Waals surface area contributed by atoms with E-state index in [1.807, 2.05) is 20.8 Å². The first-order valence-corrected chi connectivity index (χ1v) is 7.35. The largest absolute Gasteiger partial charge is 0.444 e. The molecule has 3 rings (SSSR count). The number of aromatic nitrogens is 2. The van der Waals surface area contributed by atoms with Crippen LogP contribution in [0.25, 0.3) is 0 Å². The van der Waals surface area contributed by atoms with Crippen LogP contribution in [0, 0.1) is 0 Å². The number of aliphatic hydroxyl groups is 1. The molecule has 7 nitrogen and oxygen atoms in total. The zero-order valence-corrected chi connectivity index (χ0v) is 12.6. The minimum absolute atomic E-state index is 0.236. The third-order valence-electron chi connectivity index (χ3n) is 3.74. The van der Waals surface area contributed by atoms with Crippen LogP contribution in [0.5, 0.6) is 0 Å². The fraction of sp³-hybridized carbons (Fsp3) is 0.786. The van der Waals surface area contributed by atoms with Gasteiger partial charge in [-0.2, -0.15) is 4.98 Å². The standard InChI is InChI=1S/C14H21N3O4/c1-13(2,3)20-12(18)17-8-4-5-9(17)10-15-11(21-16-10)14(19)6-7-14/h9,19H,4-8H2,1-3H3/t9-/m0/s1. The van der Waals surface area contributed by atoms with Gasteiger partial charge in [-0.05, 0) is 46.5 Å². The molecular weight excluding hydrogens is 274 g/mol. The number of ether oxygens (including phenoxy) is 1. The quantitative estimate of drug-likeness (QED) is 0.899. The second-order valence-electron chi connectivity index (χ2n) is 6.82. The maximum Gasteiger partial charge on any atom is 0.410 e. The highest BCUT2D eigenvalue weighted by Gasteiger charge is 2.48. The lowest BCUT2D eigenvalue weighted by Crippen LogP contribution is -2.36. The summed E-state index contributed by atoms with van der Waals surface area (Å²) in [7, 11) is 0. The molecule has 1 N–H and O–H groups in total. The van der Waals surface area contributed by atoms with E-state index in [2.05, 4.69) is 10.1 Å². The molecule has 1 saturated heterocycles. The SMILES string of the molecule is CC(C)(C)OC(=O)N1CCC[C@H]1c1noc(C2(O)CC2)n1. The Kier molecular flexibility index (Phi) is 3.20. The van der Waals surface area contributed by atoms with E-state index in [9.17, 15) is 9.90 Å². The van der Waals surface area contributed by atoms with E-state index in [1.165, 1.54) is 0 Å². The van der Waals surface area contributed by atoms with E-state index in [4.69, 9.17) is 9.26 Å². The highest BCUT2D eigenvalue weighted by Crippen LogP contribution is 2.45. The number of hydrogen-bond acceptors (Lipinski definition) is 6. The van der Waals surface area contributed by atoms with E-state index in [1.54, 1.807) is 4.90 Å². The molecule has 1 aromatic heterocycles. The number of carbonyl (C=O) groups excluding carboxylic acids is 1. The lowest BCUT2D eigenvalue weighted by Gasteiger charge is -2.27. The molecule has 116 valence electrons. The van der Waals surface area contributed by atoms with Crippen molar-refractivity contribution in [2.75, 3.05) is 6.54 Å². The third-order valence-corrected chi connectivity index (χ3v) is 3.74. The third kappa shape index (κ3) is 2.88. The molecule has 2 fully saturated rings. The minimum atomic E-state index is -0.944. The van der Waals surface area contributed by atoms with Crippen LogP contribution in [0.15, 0.2) is 4.52 Å². The molecule has 21 heavy (non-hydrogen) atoms. The second kappa shape index (κ2) is 4.69. The Balaban J connectivity index is 1.74. The predicted molar refractivity (Wildman–Crippen MR) is 72.3 cm³/mol. The molecule has 1 aromatic rings. The zero-order valence-electron chi connectivity index (χ0n) is 12.6. The van der Waals surface area contributed by atoms with Crippen LogP contribution >= 0.6 is 0 Å². The zero-order chi connectivity index (χ0) is 15.3. The highest BCUT2D eigenvalue weighted by atomic mass is 16.6. The highest BCUT2D eigenvalue weighted by molar-refractivity contribution is 5.69. The van der Waals surface area contributed by atoms with E-state index in [0.29, 0.717) is 25.2 Å². The van der Waals surface area contributed by atoms with E-state index < -0.39 is 11.2 Å². The first kappa shape index (κ1) is 14.3.